The van der Waals surface area contributed by atoms with Gasteiger partial charge in [-0.05, 0) is 32.0 Å². The minimum atomic E-state index is -0.0491. The second kappa shape index (κ2) is 6.64. The van der Waals surface area contributed by atoms with Crippen LogP contribution in [0.15, 0.2) is 30.7 Å². The van der Waals surface area contributed by atoms with Crippen LogP contribution in [-0.2, 0) is 13.1 Å². The van der Waals surface area contributed by atoms with Gasteiger partial charge in [-0.1, -0.05) is 0 Å². The highest BCUT2D eigenvalue weighted by atomic mass is 16.5. The Morgan fingerprint density at radius 2 is 1.96 bits per heavy atom. The van der Waals surface area contributed by atoms with Crippen LogP contribution < -0.4 is 9.47 Å². The summed E-state index contributed by atoms with van der Waals surface area (Å²) in [6.07, 6.45) is 3.27. The second-order valence-electron chi connectivity index (χ2n) is 5.18. The fourth-order valence-electron chi connectivity index (χ4n) is 2.61. The Labute approximate surface area is 135 Å². The van der Waals surface area contributed by atoms with Crippen LogP contribution in [0.5, 0.6) is 11.5 Å². The number of nitrogens with zero attached hydrogens (tertiary/aromatic N) is 3. The van der Waals surface area contributed by atoms with Gasteiger partial charge in [-0.2, -0.15) is 0 Å². The number of carbonyl (C=O) groups is 1. The van der Waals surface area contributed by atoms with Crippen molar-refractivity contribution in [2.75, 3.05) is 13.2 Å². The van der Waals surface area contributed by atoms with E-state index in [-0.39, 0.29) is 5.91 Å². The van der Waals surface area contributed by atoms with Gasteiger partial charge in [0.1, 0.15) is 6.33 Å². The SMILES string of the molecule is CCOc1ccc(C(=O)N2Cc3cncnc3C2)cc1OCC. The molecule has 0 aliphatic carbocycles. The summed E-state index contributed by atoms with van der Waals surface area (Å²) in [5.41, 5.74) is 2.49. The van der Waals surface area contributed by atoms with Gasteiger partial charge in [0, 0.05) is 23.9 Å². The molecule has 0 atom stereocenters. The van der Waals surface area contributed by atoms with Gasteiger partial charge in [-0.15, -0.1) is 0 Å². The Kier molecular flexibility index (Phi) is 4.41. The number of carbonyl (C=O) groups excluding carboxylic acids is 1. The number of fused-ring (bicyclic) bond motifs is 1. The number of aromatic nitrogens is 2. The van der Waals surface area contributed by atoms with E-state index in [9.17, 15) is 4.79 Å². The molecule has 0 saturated heterocycles. The van der Waals surface area contributed by atoms with Gasteiger partial charge in [0.25, 0.3) is 5.91 Å². The van der Waals surface area contributed by atoms with Crippen molar-refractivity contribution in [3.8, 4) is 11.5 Å². The van der Waals surface area contributed by atoms with Crippen LogP contribution in [0, 0.1) is 0 Å². The van der Waals surface area contributed by atoms with E-state index < -0.39 is 0 Å². The summed E-state index contributed by atoms with van der Waals surface area (Å²) in [7, 11) is 0. The Bertz CT molecular complexity index is 693. The lowest BCUT2D eigenvalue weighted by Gasteiger charge is -2.17. The molecule has 1 aliphatic rings. The third kappa shape index (κ3) is 3.11. The van der Waals surface area contributed by atoms with Crippen LogP contribution in [0.3, 0.4) is 0 Å². The standard InChI is InChI=1S/C17H19N3O3/c1-3-22-15-6-5-12(7-16(15)23-4-2)17(21)20-9-13-8-18-11-19-14(13)10-20/h5-8,11H,3-4,9-10H2,1-2H3. The van der Waals surface area contributed by atoms with E-state index in [2.05, 4.69) is 9.97 Å². The molecule has 0 saturated carbocycles. The van der Waals surface area contributed by atoms with Gasteiger partial charge >= 0.3 is 0 Å². The first-order valence-corrected chi connectivity index (χ1v) is 7.69. The van der Waals surface area contributed by atoms with Crippen molar-refractivity contribution in [1.29, 1.82) is 0 Å². The van der Waals surface area contributed by atoms with E-state index in [1.54, 1.807) is 29.3 Å². The summed E-state index contributed by atoms with van der Waals surface area (Å²) in [5, 5.41) is 0. The molecule has 2 aromatic rings. The topological polar surface area (TPSA) is 64.5 Å². The van der Waals surface area contributed by atoms with Crippen molar-refractivity contribution in [3.05, 3.63) is 47.5 Å². The van der Waals surface area contributed by atoms with E-state index in [1.165, 1.54) is 6.33 Å². The number of ether oxygens (including phenoxy) is 2. The van der Waals surface area contributed by atoms with Gasteiger partial charge in [0.15, 0.2) is 11.5 Å². The summed E-state index contributed by atoms with van der Waals surface area (Å²) >= 11 is 0. The lowest BCUT2D eigenvalue weighted by molar-refractivity contribution is 0.0750. The van der Waals surface area contributed by atoms with Crippen LogP contribution in [0.1, 0.15) is 35.5 Å². The van der Waals surface area contributed by atoms with E-state index in [0.29, 0.717) is 43.4 Å². The zero-order chi connectivity index (χ0) is 16.2. The Morgan fingerprint density at radius 3 is 2.70 bits per heavy atom. The largest absolute Gasteiger partial charge is 0.490 e. The van der Waals surface area contributed by atoms with E-state index in [0.717, 1.165) is 11.3 Å². The van der Waals surface area contributed by atoms with Crippen molar-refractivity contribution in [3.63, 3.8) is 0 Å². The third-order valence-electron chi connectivity index (χ3n) is 3.66. The zero-order valence-corrected chi connectivity index (χ0v) is 13.3. The maximum atomic E-state index is 12.7. The molecule has 2 heterocycles. The van der Waals surface area contributed by atoms with Crippen molar-refractivity contribution in [1.82, 2.24) is 14.9 Å². The molecule has 0 N–H and O–H groups in total. The van der Waals surface area contributed by atoms with E-state index in [1.807, 2.05) is 13.8 Å². The molecule has 1 amide bonds. The molecule has 0 unspecified atom stereocenters. The highest BCUT2D eigenvalue weighted by molar-refractivity contribution is 5.95. The van der Waals surface area contributed by atoms with Crippen molar-refractivity contribution >= 4 is 5.91 Å². The molecule has 23 heavy (non-hydrogen) atoms. The van der Waals surface area contributed by atoms with Crippen LogP contribution >= 0.6 is 0 Å². The lowest BCUT2D eigenvalue weighted by atomic mass is 10.1. The van der Waals surface area contributed by atoms with Gasteiger partial charge in [-0.3, -0.25) is 4.79 Å². The van der Waals surface area contributed by atoms with Crippen LogP contribution in [-0.4, -0.2) is 34.0 Å². The average molecular weight is 313 g/mol. The number of rotatable bonds is 5. The fraction of sp³-hybridized carbons (Fsp3) is 0.353. The molecule has 1 aromatic heterocycles. The number of amides is 1. The van der Waals surface area contributed by atoms with Crippen LogP contribution in [0.25, 0.3) is 0 Å². The number of benzene rings is 1. The predicted octanol–water partition coefficient (Wildman–Crippen LogP) is 2.43. The summed E-state index contributed by atoms with van der Waals surface area (Å²) < 4.78 is 11.1. The highest BCUT2D eigenvalue weighted by Gasteiger charge is 2.26. The average Bonchev–Trinajstić information content (AvgIpc) is 3.00. The summed E-state index contributed by atoms with van der Waals surface area (Å²) in [6.45, 7) is 5.92. The van der Waals surface area contributed by atoms with Crippen molar-refractivity contribution in [2.24, 2.45) is 0 Å². The summed E-state index contributed by atoms with van der Waals surface area (Å²) in [6, 6.07) is 5.29. The first-order valence-electron chi connectivity index (χ1n) is 7.69. The lowest BCUT2D eigenvalue weighted by Crippen LogP contribution is -2.25. The molecule has 6 nitrogen and oxygen atoms in total. The van der Waals surface area contributed by atoms with Gasteiger partial charge in [0.2, 0.25) is 0 Å². The second-order valence-corrected chi connectivity index (χ2v) is 5.18. The molecule has 1 aliphatic heterocycles. The Hall–Kier alpha value is -2.63. The van der Waals surface area contributed by atoms with Crippen LogP contribution in [0.4, 0.5) is 0 Å². The van der Waals surface area contributed by atoms with E-state index >= 15 is 0 Å². The molecule has 6 heteroatoms. The van der Waals surface area contributed by atoms with Gasteiger partial charge < -0.3 is 14.4 Å². The molecular weight excluding hydrogens is 294 g/mol. The predicted molar refractivity (Wildman–Crippen MR) is 84.4 cm³/mol. The molecule has 0 radical (unpaired) electrons. The fourth-order valence-corrected chi connectivity index (χ4v) is 2.61. The summed E-state index contributed by atoms with van der Waals surface area (Å²) in [4.78, 5) is 22.7. The molecule has 0 bridgehead atoms. The zero-order valence-electron chi connectivity index (χ0n) is 13.3. The van der Waals surface area contributed by atoms with Gasteiger partial charge in [0.05, 0.1) is 25.5 Å². The van der Waals surface area contributed by atoms with Crippen molar-refractivity contribution in [2.45, 2.75) is 26.9 Å². The molecule has 1 aromatic carbocycles. The number of hydrogen-bond acceptors (Lipinski definition) is 5. The minimum absolute atomic E-state index is 0.0491. The first-order chi connectivity index (χ1) is 11.2. The Balaban J connectivity index is 1.82. The van der Waals surface area contributed by atoms with Crippen LogP contribution in [0.2, 0.25) is 0 Å². The smallest absolute Gasteiger partial charge is 0.254 e. The monoisotopic (exact) mass is 313 g/mol. The minimum Gasteiger partial charge on any atom is -0.490 e. The quantitative estimate of drug-likeness (QED) is 0.848. The molecule has 0 fully saturated rings. The summed E-state index contributed by atoms with van der Waals surface area (Å²) in [5.74, 6) is 1.20. The third-order valence-corrected chi connectivity index (χ3v) is 3.66. The van der Waals surface area contributed by atoms with E-state index in [4.69, 9.17) is 9.47 Å². The highest BCUT2D eigenvalue weighted by Crippen LogP contribution is 2.30. The normalized spacial score (nSPS) is 12.9. The van der Waals surface area contributed by atoms with Crippen molar-refractivity contribution < 1.29 is 14.3 Å². The maximum Gasteiger partial charge on any atom is 0.254 e. The Morgan fingerprint density at radius 1 is 1.17 bits per heavy atom. The molecule has 120 valence electrons. The molecular formula is C17H19N3O3. The first kappa shape index (κ1) is 15.3. The number of hydrogen-bond donors (Lipinski definition) is 0. The van der Waals surface area contributed by atoms with Gasteiger partial charge in [-0.25, -0.2) is 9.97 Å². The maximum absolute atomic E-state index is 12.7. The molecule has 0 spiro atoms. The molecule has 3 rings (SSSR count).